The molecule has 2 heterocycles. The minimum absolute atomic E-state index is 0.199. The Labute approximate surface area is 159 Å². The van der Waals surface area contributed by atoms with E-state index in [1.54, 1.807) is 13.8 Å². The maximum absolute atomic E-state index is 12.6. The molecule has 3 rings (SSSR count). The van der Waals surface area contributed by atoms with Gasteiger partial charge in [-0.25, -0.2) is 4.79 Å². The molecule has 1 aromatic heterocycles. The molecule has 0 spiro atoms. The van der Waals surface area contributed by atoms with Crippen molar-refractivity contribution in [1.82, 2.24) is 15.2 Å². The molecule has 1 atom stereocenters. The fraction of sp³-hybridized carbons (Fsp3) is 0.429. The van der Waals surface area contributed by atoms with E-state index >= 15 is 0 Å². The van der Waals surface area contributed by atoms with E-state index in [0.29, 0.717) is 29.1 Å². The fourth-order valence-corrected chi connectivity index (χ4v) is 3.74. The second-order valence-electron chi connectivity index (χ2n) is 7.16. The van der Waals surface area contributed by atoms with Crippen molar-refractivity contribution in [3.05, 3.63) is 57.9 Å². The zero-order valence-corrected chi connectivity index (χ0v) is 16.4. The predicted molar refractivity (Wildman–Crippen MR) is 104 cm³/mol. The fourth-order valence-electron chi connectivity index (χ4n) is 3.74. The van der Waals surface area contributed by atoms with Crippen LogP contribution in [0.15, 0.2) is 24.3 Å². The smallest absolute Gasteiger partial charge is 0.339 e. The molecule has 27 heavy (non-hydrogen) atoms. The molecule has 0 fully saturated rings. The first kappa shape index (κ1) is 19.2. The molecule has 0 aliphatic carbocycles. The maximum atomic E-state index is 12.6. The van der Waals surface area contributed by atoms with Gasteiger partial charge in [0.05, 0.1) is 12.7 Å². The van der Waals surface area contributed by atoms with E-state index in [1.807, 2.05) is 0 Å². The maximum Gasteiger partial charge on any atom is 0.339 e. The lowest BCUT2D eigenvalue weighted by atomic mass is 9.99. The Hall–Kier alpha value is -2.60. The number of aromatic amines is 1. The van der Waals surface area contributed by atoms with E-state index < -0.39 is 5.97 Å². The van der Waals surface area contributed by atoms with E-state index in [2.05, 4.69) is 46.4 Å². The number of aromatic nitrogens is 1. The summed E-state index contributed by atoms with van der Waals surface area (Å²) in [6.45, 7) is 8.09. The Balaban J connectivity index is 1.62. The van der Waals surface area contributed by atoms with Crippen LogP contribution in [-0.4, -0.2) is 48.0 Å². The van der Waals surface area contributed by atoms with E-state index in [1.165, 1.54) is 18.2 Å². The van der Waals surface area contributed by atoms with Crippen LogP contribution in [-0.2, 0) is 17.7 Å². The van der Waals surface area contributed by atoms with E-state index in [0.717, 1.165) is 19.5 Å². The number of H-pyrrole nitrogens is 1. The van der Waals surface area contributed by atoms with Gasteiger partial charge in [-0.15, -0.1) is 0 Å². The molecular weight excluding hydrogens is 342 g/mol. The van der Waals surface area contributed by atoms with Gasteiger partial charge in [0.25, 0.3) is 5.91 Å². The number of ether oxygens (including phenoxy) is 1. The van der Waals surface area contributed by atoms with Crippen LogP contribution in [0.2, 0.25) is 0 Å². The van der Waals surface area contributed by atoms with Gasteiger partial charge in [-0.3, -0.25) is 9.69 Å². The van der Waals surface area contributed by atoms with E-state index in [4.69, 9.17) is 4.74 Å². The average Bonchev–Trinajstić information content (AvgIpc) is 2.99. The van der Waals surface area contributed by atoms with Crippen LogP contribution in [0.1, 0.15) is 50.2 Å². The minimum Gasteiger partial charge on any atom is -0.465 e. The quantitative estimate of drug-likeness (QED) is 0.795. The predicted octanol–water partition coefficient (Wildman–Crippen LogP) is 2.59. The Morgan fingerprint density at radius 2 is 1.96 bits per heavy atom. The van der Waals surface area contributed by atoms with Crippen molar-refractivity contribution in [3.8, 4) is 0 Å². The van der Waals surface area contributed by atoms with Crippen LogP contribution >= 0.6 is 0 Å². The SMILES string of the molecule is COC(=O)c1c(C)[nH]c(C(=O)NCC(C)N2CCc3ccccc3C2)c1C. The summed E-state index contributed by atoms with van der Waals surface area (Å²) >= 11 is 0. The summed E-state index contributed by atoms with van der Waals surface area (Å²) < 4.78 is 4.80. The number of nitrogens with zero attached hydrogens (tertiary/aromatic N) is 1. The number of fused-ring (bicyclic) bond motifs is 1. The van der Waals surface area contributed by atoms with Crippen molar-refractivity contribution in [2.75, 3.05) is 20.2 Å². The van der Waals surface area contributed by atoms with Gasteiger partial charge in [-0.2, -0.15) is 0 Å². The first-order chi connectivity index (χ1) is 12.9. The lowest BCUT2D eigenvalue weighted by molar-refractivity contribution is 0.0599. The van der Waals surface area contributed by atoms with Crippen molar-refractivity contribution in [2.45, 2.75) is 39.8 Å². The van der Waals surface area contributed by atoms with Crippen LogP contribution < -0.4 is 5.32 Å². The van der Waals surface area contributed by atoms with Gasteiger partial charge >= 0.3 is 5.97 Å². The molecule has 2 aromatic rings. The average molecular weight is 369 g/mol. The lowest BCUT2D eigenvalue weighted by Crippen LogP contribution is -2.44. The number of esters is 1. The number of nitrogens with one attached hydrogen (secondary N) is 2. The van der Waals surface area contributed by atoms with E-state index in [-0.39, 0.29) is 11.9 Å². The second kappa shape index (κ2) is 7.96. The monoisotopic (exact) mass is 369 g/mol. The third-order valence-corrected chi connectivity index (χ3v) is 5.40. The zero-order valence-electron chi connectivity index (χ0n) is 16.4. The number of amides is 1. The number of hydrogen-bond donors (Lipinski definition) is 2. The molecule has 1 aliphatic rings. The van der Waals surface area contributed by atoms with E-state index in [9.17, 15) is 9.59 Å². The molecule has 6 heteroatoms. The number of aryl methyl sites for hydroxylation is 1. The van der Waals surface area contributed by atoms with Crippen LogP contribution in [0, 0.1) is 13.8 Å². The first-order valence-corrected chi connectivity index (χ1v) is 9.28. The minimum atomic E-state index is -0.430. The van der Waals surface area contributed by atoms with Gasteiger partial charge in [-0.05, 0) is 43.9 Å². The molecule has 1 aromatic carbocycles. The second-order valence-corrected chi connectivity index (χ2v) is 7.16. The summed E-state index contributed by atoms with van der Waals surface area (Å²) in [6, 6.07) is 8.74. The molecule has 1 aliphatic heterocycles. The molecule has 2 N–H and O–H groups in total. The third kappa shape index (κ3) is 3.90. The van der Waals surface area contributed by atoms with Gasteiger partial charge in [0.15, 0.2) is 0 Å². The molecule has 144 valence electrons. The van der Waals surface area contributed by atoms with Crippen LogP contribution in [0.25, 0.3) is 0 Å². The molecule has 0 saturated carbocycles. The normalized spacial score (nSPS) is 15.1. The summed E-state index contributed by atoms with van der Waals surface area (Å²) in [4.78, 5) is 29.9. The Morgan fingerprint density at radius 1 is 1.26 bits per heavy atom. The van der Waals surface area contributed by atoms with Crippen LogP contribution in [0.5, 0.6) is 0 Å². The summed E-state index contributed by atoms with van der Waals surface area (Å²) in [5, 5.41) is 2.99. The summed E-state index contributed by atoms with van der Waals surface area (Å²) in [7, 11) is 1.34. The largest absolute Gasteiger partial charge is 0.465 e. The number of benzene rings is 1. The molecule has 0 bridgehead atoms. The van der Waals surface area contributed by atoms with Gasteiger partial charge in [-0.1, -0.05) is 24.3 Å². The van der Waals surface area contributed by atoms with Gasteiger partial charge in [0.1, 0.15) is 5.69 Å². The number of rotatable bonds is 5. The highest BCUT2D eigenvalue weighted by Crippen LogP contribution is 2.21. The summed E-state index contributed by atoms with van der Waals surface area (Å²) in [5.41, 5.74) is 4.90. The molecule has 1 amide bonds. The Bertz CT molecular complexity index is 856. The number of methoxy groups -OCH3 is 1. The van der Waals surface area contributed by atoms with Crippen molar-refractivity contribution in [2.24, 2.45) is 0 Å². The van der Waals surface area contributed by atoms with Crippen molar-refractivity contribution >= 4 is 11.9 Å². The molecule has 0 radical (unpaired) electrons. The number of hydrogen-bond acceptors (Lipinski definition) is 4. The highest BCUT2D eigenvalue weighted by Gasteiger charge is 2.24. The van der Waals surface area contributed by atoms with Gasteiger partial charge in [0, 0.05) is 31.4 Å². The summed E-state index contributed by atoms with van der Waals surface area (Å²) in [6.07, 6.45) is 1.03. The number of carbonyl (C=O) groups excluding carboxylic acids is 2. The van der Waals surface area contributed by atoms with Gasteiger partial charge < -0.3 is 15.0 Å². The van der Waals surface area contributed by atoms with Crippen molar-refractivity contribution < 1.29 is 14.3 Å². The van der Waals surface area contributed by atoms with Crippen molar-refractivity contribution in [3.63, 3.8) is 0 Å². The zero-order chi connectivity index (χ0) is 19.6. The van der Waals surface area contributed by atoms with Crippen molar-refractivity contribution in [1.29, 1.82) is 0 Å². The molecule has 0 saturated heterocycles. The van der Waals surface area contributed by atoms with Crippen LogP contribution in [0.3, 0.4) is 0 Å². The third-order valence-electron chi connectivity index (χ3n) is 5.40. The Kier molecular flexibility index (Phi) is 5.65. The van der Waals surface area contributed by atoms with Crippen LogP contribution in [0.4, 0.5) is 0 Å². The summed E-state index contributed by atoms with van der Waals surface area (Å²) in [5.74, 6) is -0.629. The molecular formula is C21H27N3O3. The topological polar surface area (TPSA) is 74.4 Å². The standard InChI is InChI=1S/C21H27N3O3/c1-13(24-10-9-16-7-5-6-8-17(16)12-24)11-22-20(25)19-14(2)18(15(3)23-19)21(26)27-4/h5-8,13,23H,9-12H2,1-4H3,(H,22,25). The van der Waals surface area contributed by atoms with Gasteiger partial charge in [0.2, 0.25) is 0 Å². The molecule has 1 unspecified atom stereocenters. The Morgan fingerprint density at radius 3 is 2.67 bits per heavy atom. The highest BCUT2D eigenvalue weighted by molar-refractivity contribution is 6.00. The highest BCUT2D eigenvalue weighted by atomic mass is 16.5. The molecule has 6 nitrogen and oxygen atoms in total. The first-order valence-electron chi connectivity index (χ1n) is 9.28. The lowest BCUT2D eigenvalue weighted by Gasteiger charge is -2.33. The number of carbonyl (C=O) groups is 2.